The monoisotopic (exact) mass is 369 g/mol. The van der Waals surface area contributed by atoms with Crippen molar-refractivity contribution in [3.63, 3.8) is 0 Å². The van der Waals surface area contributed by atoms with Crippen molar-refractivity contribution >= 4 is 17.7 Å². The van der Waals surface area contributed by atoms with Gasteiger partial charge in [0.2, 0.25) is 11.8 Å². The van der Waals surface area contributed by atoms with Gasteiger partial charge in [0.05, 0.1) is 12.4 Å². The molecule has 1 aromatic heterocycles. The van der Waals surface area contributed by atoms with Crippen molar-refractivity contribution in [1.29, 1.82) is 0 Å². The van der Waals surface area contributed by atoms with Crippen LogP contribution in [0.2, 0.25) is 0 Å². The van der Waals surface area contributed by atoms with E-state index in [1.807, 2.05) is 54.6 Å². The Hall–Kier alpha value is -2.80. The Kier molecular flexibility index (Phi) is 5.91. The number of rotatable bonds is 7. The standard InChI is InChI=1S/C19H19N3O3S/c1-13(17(23)20-12-15-10-6-7-11-16(15)24-2)26-19-22-21-18(25-19)14-8-4-3-5-9-14/h3-11,13H,12H2,1-2H3,(H,20,23). The summed E-state index contributed by atoms with van der Waals surface area (Å²) in [5, 5.41) is 10.9. The molecular formula is C19H19N3O3S. The van der Waals surface area contributed by atoms with Crippen LogP contribution in [0.1, 0.15) is 12.5 Å². The lowest BCUT2D eigenvalue weighted by Crippen LogP contribution is -2.30. The maximum atomic E-state index is 12.3. The number of methoxy groups -OCH3 is 1. The number of carbonyl (C=O) groups is 1. The van der Waals surface area contributed by atoms with Crippen LogP contribution in [0.3, 0.4) is 0 Å². The molecule has 0 spiro atoms. The SMILES string of the molecule is COc1ccccc1CNC(=O)C(C)Sc1nnc(-c2ccccc2)o1. The second-order valence-corrected chi connectivity index (χ2v) is 6.82. The molecule has 7 heteroatoms. The Morgan fingerprint density at radius 2 is 1.88 bits per heavy atom. The van der Waals surface area contributed by atoms with Crippen molar-refractivity contribution in [3.8, 4) is 17.2 Å². The van der Waals surface area contributed by atoms with Crippen LogP contribution in [-0.4, -0.2) is 28.5 Å². The van der Waals surface area contributed by atoms with E-state index in [9.17, 15) is 4.79 Å². The second-order valence-electron chi connectivity index (χ2n) is 5.53. The number of carbonyl (C=O) groups excluding carboxylic acids is 1. The van der Waals surface area contributed by atoms with Gasteiger partial charge in [-0.05, 0) is 25.1 Å². The molecule has 0 fully saturated rings. The molecule has 1 N–H and O–H groups in total. The van der Waals surface area contributed by atoms with E-state index >= 15 is 0 Å². The van der Waals surface area contributed by atoms with E-state index in [2.05, 4.69) is 15.5 Å². The van der Waals surface area contributed by atoms with Crippen molar-refractivity contribution in [3.05, 3.63) is 60.2 Å². The highest BCUT2D eigenvalue weighted by molar-refractivity contribution is 8.00. The number of nitrogens with zero attached hydrogens (tertiary/aromatic N) is 2. The average molecular weight is 369 g/mol. The Bertz CT molecular complexity index is 867. The van der Waals surface area contributed by atoms with Crippen molar-refractivity contribution in [2.75, 3.05) is 7.11 Å². The molecule has 1 heterocycles. The quantitative estimate of drug-likeness (QED) is 0.642. The molecule has 0 saturated heterocycles. The van der Waals surface area contributed by atoms with E-state index in [1.54, 1.807) is 14.0 Å². The third-order valence-electron chi connectivity index (χ3n) is 3.72. The van der Waals surface area contributed by atoms with Crippen molar-refractivity contribution < 1.29 is 13.9 Å². The van der Waals surface area contributed by atoms with Gasteiger partial charge >= 0.3 is 0 Å². The van der Waals surface area contributed by atoms with Gasteiger partial charge in [0.25, 0.3) is 5.22 Å². The normalized spacial score (nSPS) is 11.8. The molecule has 3 aromatic rings. The third-order valence-corrected chi connectivity index (χ3v) is 4.65. The first-order valence-corrected chi connectivity index (χ1v) is 9.00. The molecule has 0 bridgehead atoms. The highest BCUT2D eigenvalue weighted by Crippen LogP contribution is 2.26. The largest absolute Gasteiger partial charge is 0.496 e. The Morgan fingerprint density at radius 1 is 1.15 bits per heavy atom. The first-order chi connectivity index (χ1) is 12.7. The zero-order chi connectivity index (χ0) is 18.4. The van der Waals surface area contributed by atoms with Crippen LogP contribution in [0.5, 0.6) is 5.75 Å². The Balaban J connectivity index is 1.57. The van der Waals surface area contributed by atoms with Gasteiger partial charge < -0.3 is 14.5 Å². The van der Waals surface area contributed by atoms with Gasteiger partial charge in [-0.1, -0.05) is 48.2 Å². The smallest absolute Gasteiger partial charge is 0.277 e. The van der Waals surface area contributed by atoms with Gasteiger partial charge in [-0.25, -0.2) is 0 Å². The molecule has 0 aliphatic rings. The lowest BCUT2D eigenvalue weighted by Gasteiger charge is -2.12. The molecule has 0 aliphatic heterocycles. The average Bonchev–Trinajstić information content (AvgIpc) is 3.15. The van der Waals surface area contributed by atoms with Crippen LogP contribution in [0, 0.1) is 0 Å². The summed E-state index contributed by atoms with van der Waals surface area (Å²) in [5.74, 6) is 1.08. The van der Waals surface area contributed by atoms with Crippen molar-refractivity contribution in [2.45, 2.75) is 23.9 Å². The number of hydrogen-bond acceptors (Lipinski definition) is 6. The summed E-state index contributed by atoms with van der Waals surface area (Å²) in [4.78, 5) is 12.3. The van der Waals surface area contributed by atoms with E-state index in [1.165, 1.54) is 11.8 Å². The van der Waals surface area contributed by atoms with E-state index in [0.29, 0.717) is 17.7 Å². The fraction of sp³-hybridized carbons (Fsp3) is 0.211. The number of para-hydroxylation sites is 1. The summed E-state index contributed by atoms with van der Waals surface area (Å²) >= 11 is 1.23. The summed E-state index contributed by atoms with van der Waals surface area (Å²) in [6.07, 6.45) is 0. The van der Waals surface area contributed by atoms with Crippen LogP contribution in [0.15, 0.2) is 64.2 Å². The Labute approximate surface area is 156 Å². The summed E-state index contributed by atoms with van der Waals surface area (Å²) in [6.45, 7) is 2.20. The Morgan fingerprint density at radius 3 is 2.65 bits per heavy atom. The molecule has 2 aromatic carbocycles. The number of hydrogen-bond donors (Lipinski definition) is 1. The maximum absolute atomic E-state index is 12.3. The highest BCUT2D eigenvalue weighted by atomic mass is 32.2. The van der Waals surface area contributed by atoms with Crippen LogP contribution < -0.4 is 10.1 Å². The van der Waals surface area contributed by atoms with Crippen LogP contribution in [0.25, 0.3) is 11.5 Å². The van der Waals surface area contributed by atoms with Gasteiger partial charge in [0.1, 0.15) is 5.75 Å². The first-order valence-electron chi connectivity index (χ1n) is 8.12. The molecule has 0 aliphatic carbocycles. The van der Waals surface area contributed by atoms with Crippen LogP contribution in [-0.2, 0) is 11.3 Å². The summed E-state index contributed by atoms with van der Waals surface area (Å²) in [7, 11) is 1.61. The zero-order valence-corrected chi connectivity index (χ0v) is 15.3. The lowest BCUT2D eigenvalue weighted by molar-refractivity contribution is -0.120. The predicted molar refractivity (Wildman–Crippen MR) is 99.9 cm³/mol. The predicted octanol–water partition coefficient (Wildman–Crippen LogP) is 3.54. The van der Waals surface area contributed by atoms with E-state index in [0.717, 1.165) is 16.9 Å². The molecule has 3 rings (SSSR count). The van der Waals surface area contributed by atoms with E-state index in [-0.39, 0.29) is 11.2 Å². The molecule has 1 unspecified atom stereocenters. The summed E-state index contributed by atoms with van der Waals surface area (Å²) < 4.78 is 10.9. The van der Waals surface area contributed by atoms with Gasteiger partial charge in [-0.2, -0.15) is 0 Å². The topological polar surface area (TPSA) is 77.2 Å². The fourth-order valence-corrected chi connectivity index (χ4v) is 3.04. The lowest BCUT2D eigenvalue weighted by atomic mass is 10.2. The molecule has 1 atom stereocenters. The first kappa shape index (κ1) is 18.0. The fourth-order valence-electron chi connectivity index (χ4n) is 2.33. The molecule has 6 nitrogen and oxygen atoms in total. The number of aromatic nitrogens is 2. The summed E-state index contributed by atoms with van der Waals surface area (Å²) in [5.41, 5.74) is 1.77. The molecular weight excluding hydrogens is 350 g/mol. The molecule has 0 saturated carbocycles. The van der Waals surface area contributed by atoms with E-state index < -0.39 is 0 Å². The number of benzene rings is 2. The minimum atomic E-state index is -0.367. The van der Waals surface area contributed by atoms with Crippen LogP contribution in [0.4, 0.5) is 0 Å². The van der Waals surface area contributed by atoms with Gasteiger partial charge in [0.15, 0.2) is 0 Å². The molecule has 0 radical (unpaired) electrons. The number of ether oxygens (including phenoxy) is 1. The van der Waals surface area contributed by atoms with Gasteiger partial charge in [-0.15, -0.1) is 10.2 Å². The number of thioether (sulfide) groups is 1. The number of nitrogens with one attached hydrogen (secondary N) is 1. The highest BCUT2D eigenvalue weighted by Gasteiger charge is 2.19. The minimum absolute atomic E-state index is 0.111. The number of amides is 1. The molecule has 1 amide bonds. The molecule has 134 valence electrons. The van der Waals surface area contributed by atoms with Crippen LogP contribution >= 0.6 is 11.8 Å². The van der Waals surface area contributed by atoms with Crippen molar-refractivity contribution in [1.82, 2.24) is 15.5 Å². The zero-order valence-electron chi connectivity index (χ0n) is 14.5. The third kappa shape index (κ3) is 4.43. The van der Waals surface area contributed by atoms with Gasteiger partial charge in [-0.3, -0.25) is 4.79 Å². The van der Waals surface area contributed by atoms with Crippen molar-refractivity contribution in [2.24, 2.45) is 0 Å². The summed E-state index contributed by atoms with van der Waals surface area (Å²) in [6, 6.07) is 17.1. The van der Waals surface area contributed by atoms with E-state index in [4.69, 9.17) is 9.15 Å². The second kappa shape index (κ2) is 8.53. The minimum Gasteiger partial charge on any atom is -0.496 e. The molecule has 26 heavy (non-hydrogen) atoms. The van der Waals surface area contributed by atoms with Gasteiger partial charge in [0, 0.05) is 17.7 Å². The maximum Gasteiger partial charge on any atom is 0.277 e.